The summed E-state index contributed by atoms with van der Waals surface area (Å²) in [5.41, 5.74) is 6.43. The molecule has 2 N–H and O–H groups in total. The minimum absolute atomic E-state index is 0.334. The Labute approximate surface area is 90.9 Å². The molecule has 78 valence electrons. The number of nitrogen functional groups attached to an aromatic ring is 1. The van der Waals surface area contributed by atoms with E-state index in [9.17, 15) is 4.79 Å². The second-order valence-corrected chi connectivity index (χ2v) is 3.00. The monoisotopic (exact) mass is 221 g/mol. The van der Waals surface area contributed by atoms with Crippen molar-refractivity contribution in [1.82, 2.24) is 0 Å². The summed E-state index contributed by atoms with van der Waals surface area (Å²) in [6.45, 7) is 0. The van der Waals surface area contributed by atoms with Gasteiger partial charge in [-0.1, -0.05) is 36.4 Å². The van der Waals surface area contributed by atoms with E-state index in [0.29, 0.717) is 11.3 Å². The molecule has 0 aliphatic heterocycles. The number of rotatable bonds is 1. The smallest absolute Gasteiger partial charge is 0.342 e. The maximum Gasteiger partial charge on any atom is 0.342 e. The maximum atomic E-state index is 11.3. The molecule has 1 rings (SSSR count). The summed E-state index contributed by atoms with van der Waals surface area (Å²) in [5.74, 6) is -0.476. The molecule has 0 bridgehead atoms. The number of carbonyl (C=O) groups is 1. The number of anilines is 1. The second-order valence-electron chi connectivity index (χ2n) is 2.76. The zero-order valence-corrected chi connectivity index (χ0v) is 9.24. The van der Waals surface area contributed by atoms with Gasteiger partial charge >= 0.3 is 5.97 Å². The van der Waals surface area contributed by atoms with E-state index in [2.05, 4.69) is 4.52 Å². The molecule has 1 aromatic rings. The van der Waals surface area contributed by atoms with E-state index >= 15 is 0 Å². The molecule has 1 aromatic carbocycles. The Kier molecular flexibility index (Phi) is 4.58. The largest absolute Gasteiger partial charge is 0.448 e. The van der Waals surface area contributed by atoms with Gasteiger partial charge in [-0.3, -0.25) is 0 Å². The van der Waals surface area contributed by atoms with Gasteiger partial charge in [0.25, 0.3) is 0 Å². The predicted octanol–water partition coefficient (Wildman–Crippen LogP) is 2.34. The van der Waals surface area contributed by atoms with Crippen molar-refractivity contribution in [3.63, 3.8) is 0 Å². The fraction of sp³-hybridized carbons (Fsp3) is 0. The van der Waals surface area contributed by atoms with E-state index in [1.165, 1.54) is 0 Å². The van der Waals surface area contributed by atoms with Crippen molar-refractivity contribution in [2.45, 2.75) is 0 Å². The molecule has 1 unspecified atom stereocenters. The number of carbonyl (C=O) groups excluding carboxylic acids is 1. The van der Waals surface area contributed by atoms with E-state index in [-0.39, 0.29) is 0 Å². The average Bonchev–Trinajstić information content (AvgIpc) is 2.26. The van der Waals surface area contributed by atoms with Crippen molar-refractivity contribution >= 4 is 21.1 Å². The van der Waals surface area contributed by atoms with Gasteiger partial charge in [0.05, 0.1) is 15.0 Å². The molecule has 0 amide bonds. The third-order valence-electron chi connectivity index (χ3n) is 1.73. The molecule has 0 spiro atoms. The summed E-state index contributed by atoms with van der Waals surface area (Å²) in [4.78, 5) is 11.3. The molecular weight excluding hydrogens is 209 g/mol. The van der Waals surface area contributed by atoms with Crippen molar-refractivity contribution in [2.24, 2.45) is 0 Å². The number of hydrogen-bond donors (Lipinski definition) is 1. The SMILES string of the molecule is Nc1ccccccccc1C(=O)OP. The fourth-order valence-corrected chi connectivity index (χ4v) is 1.13. The predicted molar refractivity (Wildman–Crippen MR) is 63.6 cm³/mol. The van der Waals surface area contributed by atoms with Crippen molar-refractivity contribution in [1.29, 1.82) is 0 Å². The lowest BCUT2D eigenvalue weighted by Gasteiger charge is -1.99. The molecule has 0 aliphatic carbocycles. The third kappa shape index (κ3) is 3.56. The molecule has 0 radical (unpaired) electrons. The van der Waals surface area contributed by atoms with Crippen molar-refractivity contribution in [3.8, 4) is 0 Å². The molecule has 15 heavy (non-hydrogen) atoms. The molecule has 0 aliphatic rings. The van der Waals surface area contributed by atoms with Crippen LogP contribution >= 0.6 is 9.47 Å². The lowest BCUT2D eigenvalue weighted by Crippen LogP contribution is -2.01. The lowest BCUT2D eigenvalue weighted by molar-refractivity contribution is 0.0767. The van der Waals surface area contributed by atoms with Crippen LogP contribution < -0.4 is 5.73 Å². The molecule has 0 aromatic heterocycles. The Balaban J connectivity index is 3.32. The molecule has 0 heterocycles. The minimum Gasteiger partial charge on any atom is -0.448 e. The zero-order chi connectivity index (χ0) is 11.1. The Morgan fingerprint density at radius 3 is 2.20 bits per heavy atom. The zero-order valence-electron chi connectivity index (χ0n) is 8.09. The summed E-state index contributed by atoms with van der Waals surface area (Å²) in [6.07, 6.45) is 0. The average molecular weight is 221 g/mol. The van der Waals surface area contributed by atoms with Gasteiger partial charge in [0.15, 0.2) is 0 Å². The van der Waals surface area contributed by atoms with Crippen LogP contribution in [0, 0.1) is 0 Å². The Morgan fingerprint density at radius 1 is 1.07 bits per heavy atom. The highest BCUT2D eigenvalue weighted by molar-refractivity contribution is 7.10. The molecule has 1 atom stereocenters. The molecule has 0 fully saturated rings. The van der Waals surface area contributed by atoms with E-state index in [4.69, 9.17) is 5.73 Å². The summed E-state index contributed by atoms with van der Waals surface area (Å²) in [6, 6.07) is 14.1. The van der Waals surface area contributed by atoms with Crippen molar-refractivity contribution in [2.75, 3.05) is 5.73 Å². The van der Waals surface area contributed by atoms with Crippen molar-refractivity contribution in [3.05, 3.63) is 54.1 Å². The van der Waals surface area contributed by atoms with Crippen molar-refractivity contribution < 1.29 is 9.32 Å². The van der Waals surface area contributed by atoms with E-state index in [0.717, 1.165) is 0 Å². The molecule has 4 heteroatoms. The van der Waals surface area contributed by atoms with Gasteiger partial charge in [0.2, 0.25) is 0 Å². The molecule has 0 saturated heterocycles. The number of nitrogens with two attached hydrogens (primary N) is 1. The standard InChI is InChI=1S/C11H12NO2P/c12-10-8-6-4-2-1-3-5-7-9(10)11(13)14-15/h1-8H,12,15H2. The van der Waals surface area contributed by atoms with Gasteiger partial charge in [-0.05, 0) is 12.1 Å². The van der Waals surface area contributed by atoms with Gasteiger partial charge in [0, 0.05) is 5.69 Å². The van der Waals surface area contributed by atoms with E-state index < -0.39 is 5.97 Å². The molecule has 3 nitrogen and oxygen atoms in total. The second kappa shape index (κ2) is 5.99. The fourth-order valence-electron chi connectivity index (χ4n) is 1.00. The quantitative estimate of drug-likeness (QED) is 0.740. The normalized spacial score (nSPS) is 8.87. The number of hydrogen-bond acceptors (Lipinski definition) is 3. The van der Waals surface area contributed by atoms with Gasteiger partial charge in [-0.2, -0.15) is 0 Å². The van der Waals surface area contributed by atoms with Crippen LogP contribution in [0.15, 0.2) is 48.5 Å². The van der Waals surface area contributed by atoms with Crippen LogP contribution in [-0.4, -0.2) is 5.97 Å². The van der Waals surface area contributed by atoms with Gasteiger partial charge in [-0.25, -0.2) is 4.79 Å². The first-order chi connectivity index (χ1) is 7.25. The summed E-state index contributed by atoms with van der Waals surface area (Å²) in [5, 5.41) is 0. The Hall–Kier alpha value is -1.60. The minimum atomic E-state index is -0.476. The summed E-state index contributed by atoms with van der Waals surface area (Å²) in [7, 11) is 1.91. The van der Waals surface area contributed by atoms with E-state index in [1.54, 1.807) is 30.3 Å². The summed E-state index contributed by atoms with van der Waals surface area (Å²) < 4.78 is 4.54. The van der Waals surface area contributed by atoms with Crippen LogP contribution in [0.2, 0.25) is 0 Å². The first-order valence-electron chi connectivity index (χ1n) is 4.34. The highest BCUT2D eigenvalue weighted by atomic mass is 31.0. The van der Waals surface area contributed by atoms with Gasteiger partial charge in [0.1, 0.15) is 0 Å². The Bertz CT molecular complexity index is 406. The van der Waals surface area contributed by atoms with Crippen LogP contribution in [0.25, 0.3) is 0 Å². The van der Waals surface area contributed by atoms with Crippen LogP contribution in [0.1, 0.15) is 10.4 Å². The van der Waals surface area contributed by atoms with Gasteiger partial charge in [-0.15, -0.1) is 0 Å². The lowest BCUT2D eigenvalue weighted by atomic mass is 10.2. The highest BCUT2D eigenvalue weighted by Gasteiger charge is 2.05. The van der Waals surface area contributed by atoms with Crippen LogP contribution in [0.3, 0.4) is 0 Å². The first-order valence-corrected chi connectivity index (χ1v) is 4.81. The third-order valence-corrected chi connectivity index (χ3v) is 1.95. The first kappa shape index (κ1) is 11.5. The highest BCUT2D eigenvalue weighted by Crippen LogP contribution is 2.10. The van der Waals surface area contributed by atoms with Gasteiger partial charge < -0.3 is 10.3 Å². The van der Waals surface area contributed by atoms with Crippen LogP contribution in [0.4, 0.5) is 5.69 Å². The topological polar surface area (TPSA) is 52.3 Å². The molecule has 0 saturated carbocycles. The summed E-state index contributed by atoms with van der Waals surface area (Å²) >= 11 is 0. The van der Waals surface area contributed by atoms with Crippen LogP contribution in [-0.2, 0) is 4.52 Å². The van der Waals surface area contributed by atoms with E-state index in [1.807, 2.05) is 27.7 Å². The maximum absolute atomic E-state index is 11.3. The Morgan fingerprint density at radius 2 is 1.60 bits per heavy atom. The molecular formula is C11H12NO2P. The van der Waals surface area contributed by atoms with Crippen LogP contribution in [0.5, 0.6) is 0 Å².